The van der Waals surface area contributed by atoms with Gasteiger partial charge in [-0.1, -0.05) is 24.3 Å². The number of imidazole rings is 1. The van der Waals surface area contributed by atoms with E-state index in [1.807, 2.05) is 35.0 Å². The predicted molar refractivity (Wildman–Crippen MR) is 110 cm³/mol. The third kappa shape index (κ3) is 4.32. The number of rotatable bonds is 6. The Kier molecular flexibility index (Phi) is 5.07. The van der Waals surface area contributed by atoms with Gasteiger partial charge in [0.15, 0.2) is 5.78 Å². The lowest BCUT2D eigenvalue weighted by molar-refractivity contribution is 0.101. The lowest BCUT2D eigenvalue weighted by atomic mass is 10.1. The summed E-state index contributed by atoms with van der Waals surface area (Å²) < 4.78 is 7.74. The van der Waals surface area contributed by atoms with Gasteiger partial charge in [0.2, 0.25) is 0 Å². The molecule has 0 unspecified atom stereocenters. The molecular formula is C23H19N3O3. The largest absolute Gasteiger partial charge is 0.487 e. The Bertz CT molecular complexity index is 1160. The first kappa shape index (κ1) is 18.4. The Balaban J connectivity index is 1.44. The summed E-state index contributed by atoms with van der Waals surface area (Å²) in [6, 6.07) is 19.6. The van der Waals surface area contributed by atoms with Crippen LogP contribution in [-0.2, 0) is 6.61 Å². The lowest BCUT2D eigenvalue weighted by Crippen LogP contribution is -2.12. The molecule has 1 N–H and O–H groups in total. The molecule has 1 amide bonds. The summed E-state index contributed by atoms with van der Waals surface area (Å²) in [5.41, 5.74) is 3.23. The summed E-state index contributed by atoms with van der Waals surface area (Å²) >= 11 is 0. The summed E-state index contributed by atoms with van der Waals surface area (Å²) in [6.07, 6.45) is 3.84. The SMILES string of the molecule is CC(=O)c1cccc(NC(=O)c2cccc(OCc3cn4ccccc4n3)c2)c1. The van der Waals surface area contributed by atoms with Gasteiger partial charge in [0.05, 0.1) is 5.69 Å². The van der Waals surface area contributed by atoms with E-state index in [0.29, 0.717) is 29.2 Å². The number of ether oxygens (including phenoxy) is 1. The second-order valence-corrected chi connectivity index (χ2v) is 6.61. The number of carbonyl (C=O) groups excluding carboxylic acids is 2. The zero-order valence-corrected chi connectivity index (χ0v) is 15.8. The highest BCUT2D eigenvalue weighted by Gasteiger charge is 2.09. The summed E-state index contributed by atoms with van der Waals surface area (Å²) in [5.74, 6) is 0.250. The minimum atomic E-state index is -0.274. The molecule has 4 aromatic rings. The maximum Gasteiger partial charge on any atom is 0.255 e. The minimum absolute atomic E-state index is 0.0524. The van der Waals surface area contributed by atoms with E-state index in [0.717, 1.165) is 11.3 Å². The van der Waals surface area contributed by atoms with Crippen LogP contribution in [0.2, 0.25) is 0 Å². The fraction of sp³-hybridized carbons (Fsp3) is 0.0870. The molecule has 0 aliphatic heterocycles. The molecule has 6 heteroatoms. The van der Waals surface area contributed by atoms with E-state index in [9.17, 15) is 9.59 Å². The van der Waals surface area contributed by atoms with Crippen LogP contribution < -0.4 is 10.1 Å². The highest BCUT2D eigenvalue weighted by atomic mass is 16.5. The van der Waals surface area contributed by atoms with E-state index in [2.05, 4.69) is 10.3 Å². The number of hydrogen-bond acceptors (Lipinski definition) is 4. The van der Waals surface area contributed by atoms with Crippen molar-refractivity contribution in [3.05, 3.63) is 95.9 Å². The van der Waals surface area contributed by atoms with Crippen LogP contribution in [0.1, 0.15) is 33.3 Å². The van der Waals surface area contributed by atoms with Gasteiger partial charge in [0.25, 0.3) is 5.91 Å². The number of anilines is 1. The van der Waals surface area contributed by atoms with Gasteiger partial charge in [-0.25, -0.2) is 4.98 Å². The first-order valence-electron chi connectivity index (χ1n) is 9.16. The van der Waals surface area contributed by atoms with Crippen LogP contribution in [0.25, 0.3) is 5.65 Å². The van der Waals surface area contributed by atoms with Crippen molar-refractivity contribution in [3.63, 3.8) is 0 Å². The van der Waals surface area contributed by atoms with Crippen LogP contribution in [-0.4, -0.2) is 21.1 Å². The zero-order valence-electron chi connectivity index (χ0n) is 15.8. The topological polar surface area (TPSA) is 72.7 Å². The molecule has 0 aliphatic carbocycles. The quantitative estimate of drug-likeness (QED) is 0.500. The number of nitrogens with zero attached hydrogens (tertiary/aromatic N) is 2. The van der Waals surface area contributed by atoms with Crippen molar-refractivity contribution in [3.8, 4) is 5.75 Å². The van der Waals surface area contributed by atoms with E-state index < -0.39 is 0 Å². The first-order chi connectivity index (χ1) is 14.1. The van der Waals surface area contributed by atoms with Gasteiger partial charge in [0, 0.05) is 29.2 Å². The molecule has 29 heavy (non-hydrogen) atoms. The van der Waals surface area contributed by atoms with Crippen molar-refractivity contribution in [1.82, 2.24) is 9.38 Å². The Labute approximate surface area is 167 Å². The normalized spacial score (nSPS) is 10.7. The fourth-order valence-corrected chi connectivity index (χ4v) is 2.96. The van der Waals surface area contributed by atoms with Crippen molar-refractivity contribution >= 4 is 23.0 Å². The van der Waals surface area contributed by atoms with Crippen molar-refractivity contribution < 1.29 is 14.3 Å². The Morgan fingerprint density at radius 1 is 1.00 bits per heavy atom. The second kappa shape index (κ2) is 7.98. The van der Waals surface area contributed by atoms with Crippen molar-refractivity contribution in [2.75, 3.05) is 5.32 Å². The molecule has 144 valence electrons. The highest BCUT2D eigenvalue weighted by Crippen LogP contribution is 2.18. The van der Waals surface area contributed by atoms with Crippen LogP contribution in [0.4, 0.5) is 5.69 Å². The number of benzene rings is 2. The molecule has 0 aliphatic rings. The maximum absolute atomic E-state index is 12.6. The van der Waals surface area contributed by atoms with E-state index in [1.165, 1.54) is 6.92 Å². The Morgan fingerprint density at radius 2 is 1.83 bits per heavy atom. The van der Waals surface area contributed by atoms with E-state index >= 15 is 0 Å². The number of Topliss-reactive ketones (excluding diaryl/α,β-unsaturated/α-hetero) is 1. The monoisotopic (exact) mass is 385 g/mol. The molecule has 0 bridgehead atoms. The van der Waals surface area contributed by atoms with Crippen LogP contribution in [0.5, 0.6) is 5.75 Å². The highest BCUT2D eigenvalue weighted by molar-refractivity contribution is 6.05. The number of nitrogens with one attached hydrogen (secondary N) is 1. The maximum atomic E-state index is 12.6. The molecule has 2 aromatic carbocycles. The molecule has 6 nitrogen and oxygen atoms in total. The molecule has 0 fully saturated rings. The van der Waals surface area contributed by atoms with Gasteiger partial charge in [-0.15, -0.1) is 0 Å². The number of ketones is 1. The summed E-state index contributed by atoms with van der Waals surface area (Å²) in [4.78, 5) is 28.6. The van der Waals surface area contributed by atoms with E-state index in [1.54, 1.807) is 48.5 Å². The van der Waals surface area contributed by atoms with E-state index in [4.69, 9.17) is 4.74 Å². The van der Waals surface area contributed by atoms with E-state index in [-0.39, 0.29) is 11.7 Å². The van der Waals surface area contributed by atoms with Gasteiger partial charge in [-0.3, -0.25) is 9.59 Å². The van der Waals surface area contributed by atoms with Gasteiger partial charge >= 0.3 is 0 Å². The molecule has 4 rings (SSSR count). The van der Waals surface area contributed by atoms with Crippen LogP contribution >= 0.6 is 0 Å². The first-order valence-corrected chi connectivity index (χ1v) is 9.16. The summed E-state index contributed by atoms with van der Waals surface area (Å²) in [6.45, 7) is 1.79. The molecular weight excluding hydrogens is 366 g/mol. The van der Waals surface area contributed by atoms with Crippen LogP contribution in [0.15, 0.2) is 79.1 Å². The summed E-state index contributed by atoms with van der Waals surface area (Å²) in [7, 11) is 0. The number of amides is 1. The zero-order chi connectivity index (χ0) is 20.2. The predicted octanol–water partition coefficient (Wildman–Crippen LogP) is 4.37. The minimum Gasteiger partial charge on any atom is -0.487 e. The van der Waals surface area contributed by atoms with Gasteiger partial charge in [-0.2, -0.15) is 0 Å². The molecule has 0 saturated heterocycles. The number of hydrogen-bond donors (Lipinski definition) is 1. The van der Waals surface area contributed by atoms with Crippen LogP contribution in [0, 0.1) is 0 Å². The number of fused-ring (bicyclic) bond motifs is 1. The van der Waals surface area contributed by atoms with Gasteiger partial charge in [-0.05, 0) is 49.4 Å². The van der Waals surface area contributed by atoms with Crippen LogP contribution in [0.3, 0.4) is 0 Å². The van der Waals surface area contributed by atoms with Crippen molar-refractivity contribution in [2.45, 2.75) is 13.5 Å². The second-order valence-electron chi connectivity index (χ2n) is 6.61. The molecule has 0 atom stereocenters. The molecule has 2 aromatic heterocycles. The Morgan fingerprint density at radius 3 is 2.66 bits per heavy atom. The number of carbonyl (C=O) groups is 2. The average Bonchev–Trinajstić information content (AvgIpc) is 3.16. The molecule has 0 spiro atoms. The number of aromatic nitrogens is 2. The summed E-state index contributed by atoms with van der Waals surface area (Å²) in [5, 5.41) is 2.81. The third-order valence-corrected chi connectivity index (χ3v) is 4.42. The Hall–Kier alpha value is -3.93. The van der Waals surface area contributed by atoms with Gasteiger partial charge < -0.3 is 14.5 Å². The molecule has 0 saturated carbocycles. The van der Waals surface area contributed by atoms with Crippen molar-refractivity contribution in [2.24, 2.45) is 0 Å². The van der Waals surface area contributed by atoms with Gasteiger partial charge in [0.1, 0.15) is 18.0 Å². The standard InChI is InChI=1S/C23H19N3O3/c1-16(27)17-6-4-8-19(12-17)25-23(28)18-7-5-9-21(13-18)29-15-20-14-26-11-3-2-10-22(26)24-20/h2-14H,15H2,1H3,(H,25,28). The molecule has 0 radical (unpaired) electrons. The number of pyridine rings is 1. The smallest absolute Gasteiger partial charge is 0.255 e. The fourth-order valence-electron chi connectivity index (χ4n) is 2.96. The van der Waals surface area contributed by atoms with Crippen molar-refractivity contribution in [1.29, 1.82) is 0 Å². The lowest BCUT2D eigenvalue weighted by Gasteiger charge is -2.09. The molecule has 2 heterocycles. The average molecular weight is 385 g/mol. The third-order valence-electron chi connectivity index (χ3n) is 4.42.